The van der Waals surface area contributed by atoms with Crippen LogP contribution < -0.4 is 4.74 Å². The van der Waals surface area contributed by atoms with Gasteiger partial charge in [-0.3, -0.25) is 9.89 Å². The van der Waals surface area contributed by atoms with E-state index in [0.717, 1.165) is 27.6 Å². The van der Waals surface area contributed by atoms with Crippen LogP contribution in [0.5, 0.6) is 5.75 Å². The number of Topliss-reactive ketones (excluding diaryl/α,β-unsaturated/α-hetero) is 1. The number of nitrogens with zero attached hydrogens (tertiary/aromatic N) is 1. The minimum atomic E-state index is 0.0582. The van der Waals surface area contributed by atoms with E-state index in [1.807, 2.05) is 60.7 Å². The van der Waals surface area contributed by atoms with Crippen LogP contribution in [0.15, 0.2) is 66.9 Å². The molecule has 1 aromatic heterocycles. The minimum Gasteiger partial charge on any atom is -0.488 e. The Bertz CT molecular complexity index is 1180. The van der Waals surface area contributed by atoms with E-state index in [2.05, 4.69) is 31.0 Å². The molecule has 3 aromatic carbocycles. The molecule has 4 heteroatoms. The average Bonchev–Trinajstić information content (AvgIpc) is 3.20. The van der Waals surface area contributed by atoms with Gasteiger partial charge in [0.1, 0.15) is 12.4 Å². The number of aromatic nitrogens is 2. The lowest BCUT2D eigenvalue weighted by Gasteiger charge is -2.17. The second-order valence-corrected chi connectivity index (χ2v) is 8.03. The Morgan fingerprint density at radius 2 is 1.83 bits per heavy atom. The van der Waals surface area contributed by atoms with Crippen molar-refractivity contribution in [2.75, 3.05) is 0 Å². The van der Waals surface area contributed by atoms with E-state index < -0.39 is 0 Å². The van der Waals surface area contributed by atoms with Crippen molar-refractivity contribution in [3.8, 4) is 5.75 Å². The first-order chi connectivity index (χ1) is 14.5. The Kier molecular flexibility index (Phi) is 5.66. The maximum absolute atomic E-state index is 13.3. The molecule has 1 heterocycles. The maximum Gasteiger partial charge on any atom is 0.170 e. The number of aromatic amines is 1. The average molecular weight is 399 g/mol. The number of fused-ring (bicyclic) bond motifs is 1. The molecule has 0 radical (unpaired) electrons. The van der Waals surface area contributed by atoms with Gasteiger partial charge >= 0.3 is 0 Å². The molecule has 0 bridgehead atoms. The zero-order valence-corrected chi connectivity index (χ0v) is 17.6. The summed E-state index contributed by atoms with van der Waals surface area (Å²) >= 11 is 0. The summed E-state index contributed by atoms with van der Waals surface area (Å²) in [5, 5.41) is 8.01. The number of rotatable bonds is 7. The highest BCUT2D eigenvalue weighted by Crippen LogP contribution is 2.30. The number of nitrogens with one attached hydrogen (secondary N) is 1. The third kappa shape index (κ3) is 4.28. The van der Waals surface area contributed by atoms with Gasteiger partial charge in [0.2, 0.25) is 0 Å². The summed E-state index contributed by atoms with van der Waals surface area (Å²) in [6, 6.07) is 20.0. The molecule has 0 aliphatic heterocycles. The summed E-state index contributed by atoms with van der Waals surface area (Å²) < 4.78 is 6.12. The molecule has 0 saturated heterocycles. The Hall–Kier alpha value is -3.40. The van der Waals surface area contributed by atoms with Gasteiger partial charge in [-0.1, -0.05) is 50.2 Å². The molecule has 4 aromatic rings. The zero-order chi connectivity index (χ0) is 21.1. The van der Waals surface area contributed by atoms with E-state index >= 15 is 0 Å². The van der Waals surface area contributed by atoms with Crippen molar-refractivity contribution in [1.82, 2.24) is 10.2 Å². The number of ketones is 1. The van der Waals surface area contributed by atoms with Crippen molar-refractivity contribution < 1.29 is 9.53 Å². The normalized spacial score (nSPS) is 11.2. The summed E-state index contributed by atoms with van der Waals surface area (Å²) in [6.45, 7) is 6.80. The monoisotopic (exact) mass is 398 g/mol. The van der Waals surface area contributed by atoms with E-state index in [-0.39, 0.29) is 5.78 Å². The SMILES string of the molecule is Cc1cc(OCc2ccccc2)c(C(=O)Cc2ccc3[nH]ncc3c2)cc1C(C)C. The molecule has 4 nitrogen and oxygen atoms in total. The first kappa shape index (κ1) is 19.9. The van der Waals surface area contributed by atoms with Crippen molar-refractivity contribution in [3.05, 3.63) is 94.7 Å². The van der Waals surface area contributed by atoms with Crippen LogP contribution >= 0.6 is 0 Å². The number of hydrogen-bond acceptors (Lipinski definition) is 3. The van der Waals surface area contributed by atoms with E-state index in [4.69, 9.17) is 4.74 Å². The number of carbonyl (C=O) groups is 1. The summed E-state index contributed by atoms with van der Waals surface area (Å²) in [7, 11) is 0. The molecule has 0 unspecified atom stereocenters. The summed E-state index contributed by atoms with van der Waals surface area (Å²) in [5.74, 6) is 1.04. The molecule has 0 spiro atoms. The van der Waals surface area contributed by atoms with Crippen LogP contribution in [0.4, 0.5) is 0 Å². The van der Waals surface area contributed by atoms with Gasteiger partial charge in [0.25, 0.3) is 0 Å². The van der Waals surface area contributed by atoms with Gasteiger partial charge in [0.05, 0.1) is 17.3 Å². The predicted octanol–water partition coefficient (Wildman–Crippen LogP) is 6.00. The zero-order valence-electron chi connectivity index (χ0n) is 17.6. The van der Waals surface area contributed by atoms with E-state index in [1.54, 1.807) is 6.20 Å². The van der Waals surface area contributed by atoms with Crippen LogP contribution in [0.3, 0.4) is 0 Å². The first-order valence-corrected chi connectivity index (χ1v) is 10.3. The molecule has 1 N–H and O–H groups in total. The van der Waals surface area contributed by atoms with Crippen molar-refractivity contribution in [1.29, 1.82) is 0 Å². The van der Waals surface area contributed by atoms with Gasteiger partial charge in [-0.2, -0.15) is 5.10 Å². The minimum absolute atomic E-state index is 0.0582. The highest BCUT2D eigenvalue weighted by molar-refractivity contribution is 6.00. The summed E-state index contributed by atoms with van der Waals surface area (Å²) in [6.07, 6.45) is 2.10. The fourth-order valence-electron chi connectivity index (χ4n) is 3.78. The second-order valence-electron chi connectivity index (χ2n) is 8.03. The van der Waals surface area contributed by atoms with Crippen molar-refractivity contribution in [2.45, 2.75) is 39.7 Å². The summed E-state index contributed by atoms with van der Waals surface area (Å²) in [4.78, 5) is 13.3. The second kappa shape index (κ2) is 8.54. The number of aryl methyl sites for hydroxylation is 1. The van der Waals surface area contributed by atoms with E-state index in [1.165, 1.54) is 5.56 Å². The maximum atomic E-state index is 13.3. The Balaban J connectivity index is 1.64. The standard InChI is InChI=1S/C26H26N2O2/c1-17(2)22-14-23(25(29)13-20-9-10-24-21(12-20)15-27-28-24)26(11-18(22)3)30-16-19-7-5-4-6-8-19/h4-12,14-15,17H,13,16H2,1-3H3,(H,27,28). The smallest absolute Gasteiger partial charge is 0.170 e. The van der Waals surface area contributed by atoms with Crippen LogP contribution in [-0.4, -0.2) is 16.0 Å². The van der Waals surface area contributed by atoms with Gasteiger partial charge in [0.15, 0.2) is 5.78 Å². The predicted molar refractivity (Wildman–Crippen MR) is 120 cm³/mol. The van der Waals surface area contributed by atoms with Crippen molar-refractivity contribution >= 4 is 16.7 Å². The fraction of sp³-hybridized carbons (Fsp3) is 0.231. The van der Waals surface area contributed by atoms with E-state index in [0.29, 0.717) is 30.3 Å². The fourth-order valence-corrected chi connectivity index (χ4v) is 3.78. The molecule has 0 amide bonds. The molecular formula is C26H26N2O2. The van der Waals surface area contributed by atoms with Gasteiger partial charge < -0.3 is 4.74 Å². The first-order valence-electron chi connectivity index (χ1n) is 10.3. The van der Waals surface area contributed by atoms with Gasteiger partial charge in [0, 0.05) is 11.8 Å². The molecule has 4 rings (SSSR count). The highest BCUT2D eigenvalue weighted by Gasteiger charge is 2.18. The van der Waals surface area contributed by atoms with Crippen molar-refractivity contribution in [3.63, 3.8) is 0 Å². The quantitative estimate of drug-likeness (QED) is 0.389. The number of carbonyl (C=O) groups excluding carboxylic acids is 1. The number of benzene rings is 3. The van der Waals surface area contributed by atoms with Crippen LogP contribution in [0.2, 0.25) is 0 Å². The largest absolute Gasteiger partial charge is 0.488 e. The van der Waals surface area contributed by atoms with Crippen LogP contribution in [0, 0.1) is 6.92 Å². The lowest BCUT2D eigenvalue weighted by molar-refractivity contribution is 0.0988. The third-order valence-electron chi connectivity index (χ3n) is 5.40. The lowest BCUT2D eigenvalue weighted by atomic mass is 9.92. The van der Waals surface area contributed by atoms with Crippen LogP contribution in [0.25, 0.3) is 10.9 Å². The number of H-pyrrole nitrogens is 1. The van der Waals surface area contributed by atoms with Crippen LogP contribution in [-0.2, 0) is 13.0 Å². The van der Waals surface area contributed by atoms with E-state index in [9.17, 15) is 4.79 Å². The topological polar surface area (TPSA) is 55.0 Å². The van der Waals surface area contributed by atoms with Gasteiger partial charge in [-0.15, -0.1) is 0 Å². The molecule has 0 aliphatic rings. The Morgan fingerprint density at radius 3 is 2.60 bits per heavy atom. The van der Waals surface area contributed by atoms with Crippen LogP contribution in [0.1, 0.15) is 52.4 Å². The summed E-state index contributed by atoms with van der Waals surface area (Å²) in [5.41, 5.74) is 5.98. The number of hydrogen-bond donors (Lipinski definition) is 1. The lowest BCUT2D eigenvalue weighted by Crippen LogP contribution is -2.09. The Morgan fingerprint density at radius 1 is 1.03 bits per heavy atom. The van der Waals surface area contributed by atoms with Crippen molar-refractivity contribution in [2.24, 2.45) is 0 Å². The molecule has 30 heavy (non-hydrogen) atoms. The number of ether oxygens (including phenoxy) is 1. The molecule has 0 fully saturated rings. The van der Waals surface area contributed by atoms with Gasteiger partial charge in [-0.05, 0) is 59.4 Å². The Labute approximate surface area is 176 Å². The molecule has 152 valence electrons. The molecule has 0 atom stereocenters. The molecule has 0 aliphatic carbocycles. The van der Waals surface area contributed by atoms with Gasteiger partial charge in [-0.25, -0.2) is 0 Å². The highest BCUT2D eigenvalue weighted by atomic mass is 16.5. The molecule has 0 saturated carbocycles. The third-order valence-corrected chi connectivity index (χ3v) is 5.40. The molecular weight excluding hydrogens is 372 g/mol.